The van der Waals surface area contributed by atoms with E-state index in [2.05, 4.69) is 10.3 Å². The molecule has 5 nitrogen and oxygen atoms in total. The van der Waals surface area contributed by atoms with Crippen molar-refractivity contribution in [3.05, 3.63) is 86.3 Å². The van der Waals surface area contributed by atoms with Crippen molar-refractivity contribution in [1.82, 2.24) is 9.55 Å². The van der Waals surface area contributed by atoms with Crippen LogP contribution in [0.4, 0.5) is 11.4 Å². The summed E-state index contributed by atoms with van der Waals surface area (Å²) in [4.78, 5) is 30.5. The van der Waals surface area contributed by atoms with Gasteiger partial charge in [-0.25, -0.2) is 4.79 Å². The summed E-state index contributed by atoms with van der Waals surface area (Å²) in [5, 5.41) is 4.77. The normalized spacial score (nSPS) is 12.2. The van der Waals surface area contributed by atoms with Gasteiger partial charge >= 0.3 is 5.69 Å². The maximum absolute atomic E-state index is 13.6. The lowest BCUT2D eigenvalue weighted by Crippen LogP contribution is -2.25. The fourth-order valence-electron chi connectivity index (χ4n) is 4.26. The molecular weight excluding hydrogens is 398 g/mol. The predicted octanol–water partition coefficient (Wildman–Crippen LogP) is 5.16. The minimum absolute atomic E-state index is 0.0855. The lowest BCUT2D eigenvalue weighted by Gasteiger charge is -2.24. The molecule has 148 valence electrons. The average molecular weight is 416 g/mol. The number of nitrogens with zero attached hydrogens (tertiary/aromatic N) is 2. The fourth-order valence-corrected chi connectivity index (χ4v) is 4.48. The van der Waals surface area contributed by atoms with Crippen molar-refractivity contribution >= 4 is 39.7 Å². The Morgan fingerprint density at radius 1 is 0.933 bits per heavy atom. The van der Waals surface area contributed by atoms with Crippen LogP contribution in [0.1, 0.15) is 27.0 Å². The monoisotopic (exact) mass is 415 g/mol. The maximum Gasteiger partial charge on any atom is 0.348 e. The second-order valence-corrected chi connectivity index (χ2v) is 8.04. The third kappa shape index (κ3) is 2.59. The van der Waals surface area contributed by atoms with Crippen LogP contribution in [0.25, 0.3) is 22.2 Å². The largest absolute Gasteiger partial charge is 0.355 e. The topological polar surface area (TPSA) is 64.0 Å². The Bertz CT molecular complexity index is 1450. The summed E-state index contributed by atoms with van der Waals surface area (Å²) >= 11 is 6.10. The minimum Gasteiger partial charge on any atom is -0.355 e. The number of aromatic nitrogens is 2. The van der Waals surface area contributed by atoms with Gasteiger partial charge in [0.1, 0.15) is 0 Å². The van der Waals surface area contributed by atoms with Gasteiger partial charge < -0.3 is 5.32 Å². The number of ketones is 1. The molecule has 0 radical (unpaired) electrons. The van der Waals surface area contributed by atoms with Crippen molar-refractivity contribution in [2.75, 3.05) is 5.32 Å². The molecule has 1 aromatic heterocycles. The standard InChI is InChI=1S/C24H18ClN3O2/c1-12-10-14(25)8-9-17(12)26-18-11-13(2)22-20-19(18)23(29)16-7-5-4-6-15(16)21(20)27-24(30)28(22)3/h4-11,26H,1-3H3. The first-order chi connectivity index (χ1) is 14.4. The zero-order valence-electron chi connectivity index (χ0n) is 16.7. The third-order valence-electron chi connectivity index (χ3n) is 5.67. The summed E-state index contributed by atoms with van der Waals surface area (Å²) in [6.07, 6.45) is 0. The second-order valence-electron chi connectivity index (χ2n) is 7.60. The molecule has 0 atom stereocenters. The zero-order valence-corrected chi connectivity index (χ0v) is 17.5. The lowest BCUT2D eigenvalue weighted by atomic mass is 9.84. The lowest BCUT2D eigenvalue weighted by molar-refractivity contribution is 0.104. The van der Waals surface area contributed by atoms with Gasteiger partial charge in [0.15, 0.2) is 5.78 Å². The smallest absolute Gasteiger partial charge is 0.348 e. The summed E-state index contributed by atoms with van der Waals surface area (Å²) in [6.45, 7) is 3.90. The number of nitrogens with one attached hydrogen (secondary N) is 1. The Kier molecular flexibility index (Phi) is 4.05. The number of benzene rings is 3. The molecule has 30 heavy (non-hydrogen) atoms. The van der Waals surface area contributed by atoms with Crippen molar-refractivity contribution in [2.24, 2.45) is 7.05 Å². The summed E-state index contributed by atoms with van der Waals surface area (Å²) in [5.41, 5.74) is 6.11. The Hall–Kier alpha value is -3.44. The quantitative estimate of drug-likeness (QED) is 0.432. The van der Waals surface area contributed by atoms with E-state index in [0.717, 1.165) is 22.3 Å². The van der Waals surface area contributed by atoms with Crippen LogP contribution in [0.2, 0.25) is 5.02 Å². The predicted molar refractivity (Wildman–Crippen MR) is 120 cm³/mol. The van der Waals surface area contributed by atoms with Crippen LogP contribution in [0.3, 0.4) is 0 Å². The molecule has 5 rings (SSSR count). The van der Waals surface area contributed by atoms with E-state index < -0.39 is 0 Å². The van der Waals surface area contributed by atoms with Gasteiger partial charge in [0.2, 0.25) is 0 Å². The van der Waals surface area contributed by atoms with Gasteiger partial charge in [-0.3, -0.25) is 9.36 Å². The van der Waals surface area contributed by atoms with E-state index in [4.69, 9.17) is 11.6 Å². The first-order valence-electron chi connectivity index (χ1n) is 9.58. The van der Waals surface area contributed by atoms with E-state index in [1.165, 1.54) is 4.57 Å². The average Bonchev–Trinajstić information content (AvgIpc) is 2.71. The van der Waals surface area contributed by atoms with Gasteiger partial charge in [-0.05, 0) is 49.2 Å². The van der Waals surface area contributed by atoms with Crippen molar-refractivity contribution in [3.8, 4) is 11.3 Å². The summed E-state index contributed by atoms with van der Waals surface area (Å²) < 4.78 is 1.51. The fraction of sp³-hybridized carbons (Fsp3) is 0.125. The van der Waals surface area contributed by atoms with Gasteiger partial charge in [-0.15, -0.1) is 0 Å². The summed E-state index contributed by atoms with van der Waals surface area (Å²) in [6, 6.07) is 14.8. The Morgan fingerprint density at radius 3 is 2.40 bits per heavy atom. The number of aryl methyl sites for hydroxylation is 3. The molecule has 0 spiro atoms. The molecule has 1 heterocycles. The number of carbonyl (C=O) groups excluding carboxylic acids is 1. The van der Waals surface area contributed by atoms with Crippen molar-refractivity contribution < 1.29 is 4.79 Å². The third-order valence-corrected chi connectivity index (χ3v) is 5.90. The van der Waals surface area contributed by atoms with E-state index in [-0.39, 0.29) is 11.5 Å². The number of fused-ring (bicyclic) bond motifs is 2. The highest BCUT2D eigenvalue weighted by Gasteiger charge is 2.31. The highest BCUT2D eigenvalue weighted by molar-refractivity contribution is 6.31. The van der Waals surface area contributed by atoms with Crippen LogP contribution in [0.15, 0.2) is 53.3 Å². The van der Waals surface area contributed by atoms with Gasteiger partial charge in [0.05, 0.1) is 22.5 Å². The molecule has 0 saturated heterocycles. The molecule has 0 amide bonds. The van der Waals surface area contributed by atoms with Crippen LogP contribution >= 0.6 is 11.6 Å². The van der Waals surface area contributed by atoms with Gasteiger partial charge in [-0.1, -0.05) is 35.9 Å². The molecule has 0 aliphatic heterocycles. The highest BCUT2D eigenvalue weighted by Crippen LogP contribution is 2.42. The summed E-state index contributed by atoms with van der Waals surface area (Å²) in [5.74, 6) is -0.0855. The van der Waals surface area contributed by atoms with E-state index >= 15 is 0 Å². The molecule has 1 aliphatic carbocycles. The van der Waals surface area contributed by atoms with E-state index in [1.807, 2.05) is 56.3 Å². The first kappa shape index (κ1) is 18.6. The van der Waals surface area contributed by atoms with Crippen LogP contribution in [0, 0.1) is 13.8 Å². The Labute approximate surface area is 178 Å². The van der Waals surface area contributed by atoms with E-state index in [0.29, 0.717) is 38.5 Å². The SMILES string of the molecule is Cc1cc(Cl)ccc1Nc1cc(C)c2c3c(nc(=O)n2C)-c2ccccc2C(=O)c13. The summed E-state index contributed by atoms with van der Waals surface area (Å²) in [7, 11) is 1.69. The molecule has 0 saturated carbocycles. The van der Waals surface area contributed by atoms with Gasteiger partial charge in [0, 0.05) is 34.3 Å². The molecule has 0 fully saturated rings. The molecule has 1 N–H and O–H groups in total. The number of carbonyl (C=O) groups is 1. The molecular formula is C24H18ClN3O2. The Morgan fingerprint density at radius 2 is 1.67 bits per heavy atom. The number of halogens is 1. The van der Waals surface area contributed by atoms with E-state index in [1.54, 1.807) is 13.1 Å². The number of rotatable bonds is 2. The molecule has 1 aliphatic rings. The molecule has 6 heteroatoms. The maximum atomic E-state index is 13.6. The highest BCUT2D eigenvalue weighted by atomic mass is 35.5. The second kappa shape index (κ2) is 6.54. The number of hydrogen-bond acceptors (Lipinski definition) is 4. The van der Waals surface area contributed by atoms with Gasteiger partial charge in [0.25, 0.3) is 0 Å². The van der Waals surface area contributed by atoms with E-state index in [9.17, 15) is 9.59 Å². The van der Waals surface area contributed by atoms with Crippen molar-refractivity contribution in [2.45, 2.75) is 13.8 Å². The number of anilines is 2. The van der Waals surface area contributed by atoms with Crippen LogP contribution in [-0.4, -0.2) is 15.3 Å². The van der Waals surface area contributed by atoms with Gasteiger partial charge in [-0.2, -0.15) is 4.98 Å². The minimum atomic E-state index is -0.343. The molecule has 0 unspecified atom stereocenters. The number of hydrogen-bond donors (Lipinski definition) is 1. The molecule has 0 bridgehead atoms. The molecule has 3 aromatic carbocycles. The van der Waals surface area contributed by atoms with Crippen molar-refractivity contribution in [3.63, 3.8) is 0 Å². The first-order valence-corrected chi connectivity index (χ1v) is 9.96. The van der Waals surface area contributed by atoms with Crippen LogP contribution in [0.5, 0.6) is 0 Å². The van der Waals surface area contributed by atoms with Crippen LogP contribution < -0.4 is 11.0 Å². The Balaban J connectivity index is 1.88. The molecule has 4 aromatic rings. The van der Waals surface area contributed by atoms with Crippen molar-refractivity contribution in [1.29, 1.82) is 0 Å². The van der Waals surface area contributed by atoms with Crippen LogP contribution in [-0.2, 0) is 7.05 Å². The zero-order chi connectivity index (χ0) is 21.2.